The Morgan fingerprint density at radius 3 is 2.40 bits per heavy atom. The van der Waals surface area contributed by atoms with E-state index in [1.54, 1.807) is 6.92 Å². The van der Waals surface area contributed by atoms with Crippen LogP contribution in [0.15, 0.2) is 0 Å². The molecule has 0 saturated carbocycles. The molecule has 1 heterocycles. The van der Waals surface area contributed by atoms with Crippen molar-refractivity contribution in [2.24, 2.45) is 0 Å². The second-order valence-corrected chi connectivity index (χ2v) is 5.76. The van der Waals surface area contributed by atoms with Crippen molar-refractivity contribution >= 4 is 21.8 Å². The van der Waals surface area contributed by atoms with Crippen molar-refractivity contribution in [1.82, 2.24) is 10.2 Å². The van der Waals surface area contributed by atoms with Crippen LogP contribution >= 0.6 is 0 Å². The van der Waals surface area contributed by atoms with Gasteiger partial charge in [-0.1, -0.05) is 0 Å². The van der Waals surface area contributed by atoms with E-state index in [4.69, 9.17) is 0 Å². The van der Waals surface area contributed by atoms with E-state index in [-0.39, 0.29) is 18.1 Å². The van der Waals surface area contributed by atoms with Gasteiger partial charge < -0.3 is 5.32 Å². The number of carbonyl (C=O) groups excluding carboxylic acids is 2. The van der Waals surface area contributed by atoms with Crippen LogP contribution in [0.4, 0.5) is 4.79 Å². The number of hydrogen-bond acceptors (Lipinski definition) is 4. The maximum absolute atomic E-state index is 11.5. The molecule has 0 aromatic rings. The first kappa shape index (κ1) is 12.0. The summed E-state index contributed by atoms with van der Waals surface area (Å²) in [5, 5.41) is 2.45. The van der Waals surface area contributed by atoms with Crippen LogP contribution in [0.1, 0.15) is 13.3 Å². The van der Waals surface area contributed by atoms with E-state index >= 15 is 0 Å². The summed E-state index contributed by atoms with van der Waals surface area (Å²) in [7, 11) is -3.10. The topological polar surface area (TPSA) is 83.6 Å². The molecule has 0 aliphatic carbocycles. The fourth-order valence-electron chi connectivity index (χ4n) is 1.40. The van der Waals surface area contributed by atoms with Gasteiger partial charge in [-0.25, -0.2) is 13.2 Å². The van der Waals surface area contributed by atoms with E-state index in [2.05, 4.69) is 5.32 Å². The van der Waals surface area contributed by atoms with Gasteiger partial charge in [0.15, 0.2) is 0 Å². The summed E-state index contributed by atoms with van der Waals surface area (Å²) in [6, 6.07) is -1.13. The molecule has 0 aromatic heterocycles. The molecule has 1 rings (SSSR count). The lowest BCUT2D eigenvalue weighted by Gasteiger charge is -2.08. The van der Waals surface area contributed by atoms with E-state index in [0.717, 1.165) is 11.2 Å². The van der Waals surface area contributed by atoms with Crippen molar-refractivity contribution in [2.75, 3.05) is 18.6 Å². The molecule has 0 spiro atoms. The summed E-state index contributed by atoms with van der Waals surface area (Å²) >= 11 is 0. The van der Waals surface area contributed by atoms with Crippen LogP contribution in [0.25, 0.3) is 0 Å². The Bertz CT molecular complexity index is 376. The van der Waals surface area contributed by atoms with Crippen molar-refractivity contribution in [3.8, 4) is 0 Å². The second-order valence-electron chi connectivity index (χ2n) is 3.50. The number of nitrogens with zero attached hydrogens (tertiary/aromatic N) is 1. The Kier molecular flexibility index (Phi) is 3.33. The van der Waals surface area contributed by atoms with Crippen LogP contribution in [0.2, 0.25) is 0 Å². The van der Waals surface area contributed by atoms with Crippen LogP contribution < -0.4 is 5.32 Å². The molecule has 1 N–H and O–H groups in total. The number of carbonyl (C=O) groups is 2. The van der Waals surface area contributed by atoms with Gasteiger partial charge in [0, 0.05) is 12.8 Å². The maximum Gasteiger partial charge on any atom is 0.324 e. The van der Waals surface area contributed by atoms with E-state index in [1.165, 1.54) is 0 Å². The average molecular weight is 234 g/mol. The SMILES string of the molecule is CCN1C(=O)NC(CCS(C)(=O)=O)C1=O. The van der Waals surface area contributed by atoms with Crippen LogP contribution in [0, 0.1) is 0 Å². The number of likely N-dealkylation sites (N-methyl/N-ethyl adjacent to an activating group) is 1. The second kappa shape index (κ2) is 4.18. The fourth-order valence-corrected chi connectivity index (χ4v) is 2.07. The molecule has 6 nitrogen and oxygen atoms in total. The molecule has 1 aliphatic heterocycles. The van der Waals surface area contributed by atoms with Gasteiger partial charge in [0.25, 0.3) is 5.91 Å². The summed E-state index contributed by atoms with van der Waals surface area (Å²) in [6.45, 7) is 2.00. The van der Waals surface area contributed by atoms with Crippen molar-refractivity contribution in [3.63, 3.8) is 0 Å². The quantitative estimate of drug-likeness (QED) is 0.656. The Morgan fingerprint density at radius 1 is 1.40 bits per heavy atom. The molecule has 1 unspecified atom stereocenters. The largest absolute Gasteiger partial charge is 0.326 e. The third kappa shape index (κ3) is 2.92. The molecule has 15 heavy (non-hydrogen) atoms. The number of hydrogen-bond donors (Lipinski definition) is 1. The molecule has 1 fully saturated rings. The Balaban J connectivity index is 2.60. The molecule has 0 bridgehead atoms. The first-order chi connectivity index (χ1) is 6.85. The lowest BCUT2D eigenvalue weighted by atomic mass is 10.2. The van der Waals surface area contributed by atoms with Gasteiger partial charge in [0.2, 0.25) is 0 Å². The van der Waals surface area contributed by atoms with Gasteiger partial charge in [-0.05, 0) is 13.3 Å². The third-order valence-corrected chi connectivity index (χ3v) is 3.18. The van der Waals surface area contributed by atoms with Crippen molar-refractivity contribution in [3.05, 3.63) is 0 Å². The Morgan fingerprint density at radius 2 is 2.00 bits per heavy atom. The monoisotopic (exact) mass is 234 g/mol. The summed E-state index contributed by atoms with van der Waals surface area (Å²) in [5.74, 6) is -0.438. The molecule has 7 heteroatoms. The van der Waals surface area contributed by atoms with Gasteiger partial charge in [0.1, 0.15) is 15.9 Å². The summed E-state index contributed by atoms with van der Waals surface area (Å²) < 4.78 is 21.8. The number of sulfone groups is 1. The number of imide groups is 1. The summed E-state index contributed by atoms with van der Waals surface area (Å²) in [6.07, 6.45) is 1.24. The lowest BCUT2D eigenvalue weighted by Crippen LogP contribution is -2.32. The van der Waals surface area contributed by atoms with Gasteiger partial charge in [-0.3, -0.25) is 9.69 Å². The average Bonchev–Trinajstić information content (AvgIpc) is 2.37. The molecular weight excluding hydrogens is 220 g/mol. The van der Waals surface area contributed by atoms with Gasteiger partial charge in [0.05, 0.1) is 5.75 Å². The molecule has 3 amide bonds. The van der Waals surface area contributed by atoms with Gasteiger partial charge in [-0.15, -0.1) is 0 Å². The van der Waals surface area contributed by atoms with Crippen LogP contribution in [-0.4, -0.2) is 49.9 Å². The Labute approximate surface area is 88.5 Å². The summed E-state index contributed by atoms with van der Waals surface area (Å²) in [5.41, 5.74) is 0. The summed E-state index contributed by atoms with van der Waals surface area (Å²) in [4.78, 5) is 23.8. The third-order valence-electron chi connectivity index (χ3n) is 2.20. The standard InChI is InChI=1S/C8H14N2O4S/c1-3-10-7(11)6(9-8(10)12)4-5-15(2,13)14/h6H,3-5H2,1-2H3,(H,9,12). The highest BCUT2D eigenvalue weighted by Gasteiger charge is 2.36. The minimum atomic E-state index is -3.10. The minimum Gasteiger partial charge on any atom is -0.326 e. The molecule has 0 radical (unpaired) electrons. The van der Waals surface area contributed by atoms with Crippen molar-refractivity contribution in [2.45, 2.75) is 19.4 Å². The van der Waals surface area contributed by atoms with Gasteiger partial charge >= 0.3 is 6.03 Å². The molecular formula is C8H14N2O4S. The Hall–Kier alpha value is -1.11. The van der Waals surface area contributed by atoms with E-state index in [1.807, 2.05) is 0 Å². The molecule has 1 atom stereocenters. The number of rotatable bonds is 4. The highest BCUT2D eigenvalue weighted by molar-refractivity contribution is 7.90. The zero-order valence-electron chi connectivity index (χ0n) is 8.69. The van der Waals surface area contributed by atoms with Crippen LogP contribution in [0.3, 0.4) is 0 Å². The van der Waals surface area contributed by atoms with Crippen molar-refractivity contribution < 1.29 is 18.0 Å². The highest BCUT2D eigenvalue weighted by Crippen LogP contribution is 2.09. The maximum atomic E-state index is 11.5. The number of urea groups is 1. The molecule has 1 saturated heterocycles. The fraction of sp³-hybridized carbons (Fsp3) is 0.750. The molecule has 86 valence electrons. The molecule has 0 aromatic carbocycles. The van der Waals surface area contributed by atoms with E-state index in [0.29, 0.717) is 6.54 Å². The number of amides is 3. The van der Waals surface area contributed by atoms with Crippen LogP contribution in [-0.2, 0) is 14.6 Å². The predicted octanol–water partition coefficient (Wildman–Crippen LogP) is -0.639. The number of nitrogens with one attached hydrogen (secondary N) is 1. The van der Waals surface area contributed by atoms with E-state index in [9.17, 15) is 18.0 Å². The normalized spacial score (nSPS) is 22.0. The first-order valence-corrected chi connectivity index (χ1v) is 6.71. The first-order valence-electron chi connectivity index (χ1n) is 4.64. The van der Waals surface area contributed by atoms with Crippen LogP contribution in [0.5, 0.6) is 0 Å². The smallest absolute Gasteiger partial charge is 0.324 e. The van der Waals surface area contributed by atoms with Gasteiger partial charge in [-0.2, -0.15) is 0 Å². The zero-order chi connectivity index (χ0) is 11.6. The minimum absolute atomic E-state index is 0.0960. The van der Waals surface area contributed by atoms with E-state index < -0.39 is 21.9 Å². The van der Waals surface area contributed by atoms with Crippen molar-refractivity contribution in [1.29, 1.82) is 0 Å². The predicted molar refractivity (Wildman–Crippen MR) is 54.0 cm³/mol. The zero-order valence-corrected chi connectivity index (χ0v) is 9.50. The molecule has 1 aliphatic rings. The highest BCUT2D eigenvalue weighted by atomic mass is 32.2. The lowest BCUT2D eigenvalue weighted by molar-refractivity contribution is -0.127.